The maximum atomic E-state index is 14.4. The lowest BCUT2D eigenvalue weighted by molar-refractivity contribution is -0.129. The average molecular weight is 544 g/mol. The molecule has 0 spiro atoms. The SMILES string of the molecule is CCC[C@H](N[C@H]1CCc2cc(F)cc(F)c2C1)C(=O)Nc1cn(C(C)(C)C(=O)N[C@@H](C)C2CCCCC2)cn1. The van der Waals surface area contributed by atoms with Crippen LogP contribution in [-0.4, -0.2) is 39.5 Å². The molecule has 0 saturated heterocycles. The van der Waals surface area contributed by atoms with E-state index in [1.165, 1.54) is 25.3 Å². The number of aryl methyl sites for hydroxylation is 1. The maximum Gasteiger partial charge on any atom is 0.245 e. The molecule has 0 bridgehead atoms. The topological polar surface area (TPSA) is 88.0 Å². The average Bonchev–Trinajstić information content (AvgIpc) is 3.38. The zero-order chi connectivity index (χ0) is 28.2. The minimum absolute atomic E-state index is 0.0777. The number of carbonyl (C=O) groups is 2. The van der Waals surface area contributed by atoms with Gasteiger partial charge >= 0.3 is 0 Å². The first-order chi connectivity index (χ1) is 18.6. The van der Waals surface area contributed by atoms with Crippen LogP contribution in [0.4, 0.5) is 14.6 Å². The summed E-state index contributed by atoms with van der Waals surface area (Å²) in [5, 5.41) is 9.49. The predicted octanol–water partition coefficient (Wildman–Crippen LogP) is 5.24. The Labute approximate surface area is 230 Å². The zero-order valence-corrected chi connectivity index (χ0v) is 23.7. The highest BCUT2D eigenvalue weighted by molar-refractivity contribution is 5.94. The second kappa shape index (κ2) is 12.6. The van der Waals surface area contributed by atoms with Crippen molar-refractivity contribution in [3.05, 3.63) is 47.4 Å². The number of amides is 2. The molecular formula is C30H43F2N5O2. The Morgan fingerprint density at radius 2 is 1.90 bits per heavy atom. The number of hydrogen-bond acceptors (Lipinski definition) is 4. The molecule has 214 valence electrons. The van der Waals surface area contributed by atoms with Crippen LogP contribution in [0, 0.1) is 17.6 Å². The van der Waals surface area contributed by atoms with Crippen molar-refractivity contribution in [2.75, 3.05) is 5.32 Å². The predicted molar refractivity (Wildman–Crippen MR) is 148 cm³/mol. The number of anilines is 1. The number of imidazole rings is 1. The number of hydrogen-bond donors (Lipinski definition) is 3. The van der Waals surface area contributed by atoms with Gasteiger partial charge in [0.1, 0.15) is 17.2 Å². The number of aromatic nitrogens is 2. The minimum atomic E-state index is -0.876. The van der Waals surface area contributed by atoms with Crippen molar-refractivity contribution in [2.24, 2.45) is 5.92 Å². The van der Waals surface area contributed by atoms with E-state index >= 15 is 0 Å². The highest BCUT2D eigenvalue weighted by Crippen LogP contribution is 2.28. The first-order valence-electron chi connectivity index (χ1n) is 14.5. The van der Waals surface area contributed by atoms with Gasteiger partial charge < -0.3 is 20.5 Å². The third kappa shape index (κ3) is 7.04. The van der Waals surface area contributed by atoms with Crippen molar-refractivity contribution in [3.63, 3.8) is 0 Å². The van der Waals surface area contributed by atoms with Crippen LogP contribution < -0.4 is 16.0 Å². The number of nitrogens with one attached hydrogen (secondary N) is 3. The van der Waals surface area contributed by atoms with Crippen molar-refractivity contribution < 1.29 is 18.4 Å². The summed E-state index contributed by atoms with van der Waals surface area (Å²) in [6.07, 6.45) is 12.3. The number of nitrogens with zero attached hydrogens (tertiary/aromatic N) is 2. The molecule has 3 N–H and O–H groups in total. The summed E-state index contributed by atoms with van der Waals surface area (Å²) in [6.45, 7) is 7.78. The summed E-state index contributed by atoms with van der Waals surface area (Å²) < 4.78 is 29.7. The summed E-state index contributed by atoms with van der Waals surface area (Å²) in [4.78, 5) is 30.8. The van der Waals surface area contributed by atoms with Crippen LogP contribution in [0.5, 0.6) is 0 Å². The molecule has 7 nitrogen and oxygen atoms in total. The van der Waals surface area contributed by atoms with E-state index < -0.39 is 23.2 Å². The van der Waals surface area contributed by atoms with Gasteiger partial charge in [-0.1, -0.05) is 32.6 Å². The lowest BCUT2D eigenvalue weighted by Crippen LogP contribution is -2.49. The Hall–Kier alpha value is -2.81. The van der Waals surface area contributed by atoms with Gasteiger partial charge in [-0.15, -0.1) is 0 Å². The zero-order valence-electron chi connectivity index (χ0n) is 23.7. The molecule has 2 aliphatic carbocycles. The van der Waals surface area contributed by atoms with Gasteiger partial charge in [-0.2, -0.15) is 0 Å². The molecule has 1 heterocycles. The normalized spacial score (nSPS) is 19.7. The Balaban J connectivity index is 1.36. The molecule has 2 aliphatic rings. The fourth-order valence-electron chi connectivity index (χ4n) is 5.95. The summed E-state index contributed by atoms with van der Waals surface area (Å²) in [5.74, 6) is -0.501. The summed E-state index contributed by atoms with van der Waals surface area (Å²) >= 11 is 0. The minimum Gasteiger partial charge on any atom is -0.351 e. The summed E-state index contributed by atoms with van der Waals surface area (Å²) in [6, 6.07) is 1.86. The van der Waals surface area contributed by atoms with Gasteiger partial charge in [-0.05, 0) is 82.4 Å². The third-order valence-electron chi connectivity index (χ3n) is 8.55. The highest BCUT2D eigenvalue weighted by Gasteiger charge is 2.33. The van der Waals surface area contributed by atoms with Gasteiger partial charge in [0.2, 0.25) is 11.8 Å². The van der Waals surface area contributed by atoms with Gasteiger partial charge in [0.25, 0.3) is 0 Å². The standard InChI is InChI=1S/C30H43F2N5O2/c1-5-9-26(35-23-13-12-21-14-22(31)15-25(32)24(21)16-23)28(38)36-27-17-37(18-33-27)30(3,4)29(39)34-19(2)20-10-7-6-8-11-20/h14-15,17-20,23,26,35H,5-13,16H2,1-4H3,(H,34,39)(H,36,38)/t19-,23-,26-/m0/s1. The van der Waals surface area contributed by atoms with E-state index in [4.69, 9.17) is 0 Å². The first-order valence-corrected chi connectivity index (χ1v) is 14.5. The molecule has 3 atom stereocenters. The molecule has 4 rings (SSSR count). The molecule has 1 fully saturated rings. The first kappa shape index (κ1) is 29.2. The van der Waals surface area contributed by atoms with E-state index in [-0.39, 0.29) is 23.9 Å². The van der Waals surface area contributed by atoms with Crippen LogP contribution in [0.2, 0.25) is 0 Å². The van der Waals surface area contributed by atoms with E-state index in [1.807, 2.05) is 20.8 Å². The smallest absolute Gasteiger partial charge is 0.245 e. The Bertz CT molecular complexity index is 1160. The lowest BCUT2D eigenvalue weighted by Gasteiger charge is -2.32. The maximum absolute atomic E-state index is 14.4. The summed E-state index contributed by atoms with van der Waals surface area (Å²) in [7, 11) is 0. The van der Waals surface area contributed by atoms with Crippen molar-refractivity contribution in [1.29, 1.82) is 0 Å². The molecule has 39 heavy (non-hydrogen) atoms. The molecule has 0 unspecified atom stereocenters. The highest BCUT2D eigenvalue weighted by atomic mass is 19.1. The van der Waals surface area contributed by atoms with Crippen molar-refractivity contribution in [1.82, 2.24) is 20.2 Å². The van der Waals surface area contributed by atoms with Gasteiger partial charge in [-0.3, -0.25) is 9.59 Å². The van der Waals surface area contributed by atoms with Crippen molar-refractivity contribution in [3.8, 4) is 0 Å². The lowest BCUT2D eigenvalue weighted by atomic mass is 9.84. The molecule has 2 aromatic rings. The van der Waals surface area contributed by atoms with E-state index in [0.717, 1.165) is 25.3 Å². The number of halogens is 2. The monoisotopic (exact) mass is 543 g/mol. The van der Waals surface area contributed by atoms with E-state index in [1.54, 1.807) is 17.1 Å². The molecule has 1 saturated carbocycles. The molecular weight excluding hydrogens is 500 g/mol. The Morgan fingerprint density at radius 3 is 2.62 bits per heavy atom. The van der Waals surface area contributed by atoms with Crippen LogP contribution in [0.25, 0.3) is 0 Å². The molecule has 1 aromatic heterocycles. The quantitative estimate of drug-likeness (QED) is 0.383. The second-order valence-electron chi connectivity index (χ2n) is 11.8. The van der Waals surface area contributed by atoms with E-state index in [2.05, 4.69) is 27.9 Å². The van der Waals surface area contributed by atoms with Crippen LogP contribution in [0.15, 0.2) is 24.7 Å². The van der Waals surface area contributed by atoms with Gasteiger partial charge in [0.15, 0.2) is 5.82 Å². The van der Waals surface area contributed by atoms with Crippen LogP contribution >= 0.6 is 0 Å². The van der Waals surface area contributed by atoms with E-state index in [0.29, 0.717) is 48.5 Å². The molecule has 9 heteroatoms. The van der Waals surface area contributed by atoms with Crippen LogP contribution in [-0.2, 0) is 28.0 Å². The van der Waals surface area contributed by atoms with Crippen LogP contribution in [0.1, 0.15) is 90.2 Å². The molecule has 2 amide bonds. The third-order valence-corrected chi connectivity index (χ3v) is 8.55. The van der Waals surface area contributed by atoms with Gasteiger partial charge in [-0.25, -0.2) is 13.8 Å². The van der Waals surface area contributed by atoms with Crippen molar-refractivity contribution in [2.45, 2.75) is 116 Å². The second-order valence-corrected chi connectivity index (χ2v) is 11.8. The summed E-state index contributed by atoms with van der Waals surface area (Å²) in [5.41, 5.74) is 0.346. The Kier molecular flexibility index (Phi) is 9.41. The number of fused-ring (bicyclic) bond motifs is 1. The largest absolute Gasteiger partial charge is 0.351 e. The number of carbonyl (C=O) groups excluding carboxylic acids is 2. The fraction of sp³-hybridized carbons (Fsp3) is 0.633. The van der Waals surface area contributed by atoms with E-state index in [9.17, 15) is 18.4 Å². The van der Waals surface area contributed by atoms with Crippen LogP contribution in [0.3, 0.4) is 0 Å². The molecule has 0 aliphatic heterocycles. The van der Waals surface area contributed by atoms with Crippen molar-refractivity contribution >= 4 is 17.6 Å². The van der Waals surface area contributed by atoms with Gasteiger partial charge in [0, 0.05) is 24.3 Å². The molecule has 0 radical (unpaired) electrons. The van der Waals surface area contributed by atoms with Gasteiger partial charge in [0.05, 0.1) is 12.4 Å². The Morgan fingerprint density at radius 1 is 1.15 bits per heavy atom. The number of rotatable bonds is 10. The number of benzene rings is 1. The molecule has 1 aromatic carbocycles. The fourth-order valence-corrected chi connectivity index (χ4v) is 5.95.